The summed E-state index contributed by atoms with van der Waals surface area (Å²) in [4.78, 5) is 25.9. The maximum atomic E-state index is 12.4. The molecule has 1 saturated heterocycles. The van der Waals surface area contributed by atoms with E-state index in [0.717, 1.165) is 34.9 Å². The van der Waals surface area contributed by atoms with Gasteiger partial charge in [-0.2, -0.15) is 5.10 Å². The predicted octanol–water partition coefficient (Wildman–Crippen LogP) is 2.75. The highest BCUT2D eigenvalue weighted by Gasteiger charge is 2.16. The van der Waals surface area contributed by atoms with Gasteiger partial charge >= 0.3 is 6.03 Å². The lowest BCUT2D eigenvalue weighted by atomic mass is 10.2. The van der Waals surface area contributed by atoms with Crippen LogP contribution in [0.4, 0.5) is 16.2 Å². The number of hydrogen-bond acceptors (Lipinski definition) is 4. The fourth-order valence-corrected chi connectivity index (χ4v) is 3.65. The highest BCUT2D eigenvalue weighted by molar-refractivity contribution is 5.89. The Morgan fingerprint density at radius 1 is 1.10 bits per heavy atom. The number of anilines is 2. The first-order valence-corrected chi connectivity index (χ1v) is 10.3. The Morgan fingerprint density at radius 3 is 2.61 bits per heavy atom. The lowest BCUT2D eigenvalue weighted by molar-refractivity contribution is -0.120. The SMILES string of the molecule is Cc1cc(C)n(-c2cccc(NC(=O)NCc3ccc(N4CCNC(=O)C4)cc3)c2)n1. The van der Waals surface area contributed by atoms with Crippen LogP contribution in [-0.4, -0.2) is 41.4 Å². The molecule has 1 aliphatic rings. The molecule has 160 valence electrons. The highest BCUT2D eigenvalue weighted by Crippen LogP contribution is 2.18. The fourth-order valence-electron chi connectivity index (χ4n) is 3.65. The molecule has 4 rings (SSSR count). The van der Waals surface area contributed by atoms with Crippen molar-refractivity contribution >= 4 is 23.3 Å². The molecule has 0 bridgehead atoms. The second-order valence-electron chi connectivity index (χ2n) is 7.63. The van der Waals surface area contributed by atoms with Crippen LogP contribution >= 0.6 is 0 Å². The van der Waals surface area contributed by atoms with Crippen molar-refractivity contribution in [3.63, 3.8) is 0 Å². The van der Waals surface area contributed by atoms with E-state index in [1.54, 1.807) is 0 Å². The number of carbonyl (C=O) groups excluding carboxylic acids is 2. The van der Waals surface area contributed by atoms with E-state index in [4.69, 9.17) is 0 Å². The van der Waals surface area contributed by atoms with Crippen LogP contribution in [0.1, 0.15) is 17.0 Å². The second-order valence-corrected chi connectivity index (χ2v) is 7.63. The largest absolute Gasteiger partial charge is 0.360 e. The van der Waals surface area contributed by atoms with Crippen LogP contribution in [0.5, 0.6) is 0 Å². The summed E-state index contributed by atoms with van der Waals surface area (Å²) in [6.45, 7) is 6.18. The molecule has 0 unspecified atom stereocenters. The smallest absolute Gasteiger partial charge is 0.319 e. The number of carbonyl (C=O) groups is 2. The lowest BCUT2D eigenvalue weighted by Gasteiger charge is -2.28. The molecule has 1 fully saturated rings. The molecule has 0 saturated carbocycles. The maximum absolute atomic E-state index is 12.4. The molecular formula is C23H26N6O2. The molecule has 3 N–H and O–H groups in total. The number of urea groups is 1. The van der Waals surface area contributed by atoms with Crippen LogP contribution in [-0.2, 0) is 11.3 Å². The lowest BCUT2D eigenvalue weighted by Crippen LogP contribution is -2.47. The zero-order valence-electron chi connectivity index (χ0n) is 17.7. The molecule has 0 atom stereocenters. The number of benzene rings is 2. The third-order valence-electron chi connectivity index (χ3n) is 5.15. The standard InChI is InChI=1S/C23H26N6O2/c1-16-12-17(2)29(27-16)21-5-3-4-19(13-21)26-23(31)25-14-18-6-8-20(9-7-18)28-11-10-24-22(30)15-28/h3-9,12-13H,10-11,14-15H2,1-2H3,(H,24,30)(H2,25,26,31). The molecule has 0 aliphatic carbocycles. The summed E-state index contributed by atoms with van der Waals surface area (Å²) in [5.41, 5.74) is 5.56. The van der Waals surface area contributed by atoms with Crippen molar-refractivity contribution in [2.24, 2.45) is 0 Å². The van der Waals surface area contributed by atoms with Gasteiger partial charge in [-0.3, -0.25) is 4.79 Å². The van der Waals surface area contributed by atoms with Gasteiger partial charge in [-0.15, -0.1) is 0 Å². The van der Waals surface area contributed by atoms with Gasteiger partial charge in [-0.25, -0.2) is 9.48 Å². The van der Waals surface area contributed by atoms with Crippen molar-refractivity contribution in [3.8, 4) is 5.69 Å². The summed E-state index contributed by atoms with van der Waals surface area (Å²) >= 11 is 0. The molecule has 1 aromatic heterocycles. The molecule has 2 heterocycles. The average Bonchev–Trinajstić information content (AvgIpc) is 3.11. The topological polar surface area (TPSA) is 91.3 Å². The first-order chi connectivity index (χ1) is 15.0. The number of nitrogens with zero attached hydrogens (tertiary/aromatic N) is 3. The fraction of sp³-hybridized carbons (Fsp3) is 0.261. The van der Waals surface area contributed by atoms with Gasteiger partial charge in [-0.1, -0.05) is 18.2 Å². The monoisotopic (exact) mass is 418 g/mol. The Bertz CT molecular complexity index is 1090. The van der Waals surface area contributed by atoms with Crippen LogP contribution in [0.25, 0.3) is 5.69 Å². The number of aryl methyl sites for hydroxylation is 2. The number of amides is 3. The number of hydrogen-bond donors (Lipinski definition) is 3. The summed E-state index contributed by atoms with van der Waals surface area (Å²) in [6, 6.07) is 17.2. The zero-order valence-corrected chi connectivity index (χ0v) is 17.7. The van der Waals surface area contributed by atoms with Crippen LogP contribution in [0.15, 0.2) is 54.6 Å². The summed E-state index contributed by atoms with van der Waals surface area (Å²) in [5.74, 6) is 0.0376. The normalized spacial score (nSPS) is 13.6. The first kappa shape index (κ1) is 20.5. The van der Waals surface area contributed by atoms with Gasteiger partial charge < -0.3 is 20.9 Å². The minimum absolute atomic E-state index is 0.0376. The Hall–Kier alpha value is -3.81. The van der Waals surface area contributed by atoms with Crippen LogP contribution in [0, 0.1) is 13.8 Å². The van der Waals surface area contributed by atoms with Crippen LogP contribution in [0.2, 0.25) is 0 Å². The van der Waals surface area contributed by atoms with E-state index in [2.05, 4.69) is 21.0 Å². The molecular weight excluding hydrogens is 392 g/mol. The predicted molar refractivity (Wildman–Crippen MR) is 121 cm³/mol. The second kappa shape index (κ2) is 8.91. The van der Waals surface area contributed by atoms with E-state index in [1.165, 1.54) is 0 Å². The van der Waals surface area contributed by atoms with Gasteiger partial charge in [-0.05, 0) is 55.8 Å². The molecule has 0 spiro atoms. The van der Waals surface area contributed by atoms with Crippen molar-refractivity contribution in [2.75, 3.05) is 29.9 Å². The molecule has 2 aromatic carbocycles. The molecule has 31 heavy (non-hydrogen) atoms. The van der Waals surface area contributed by atoms with Crippen molar-refractivity contribution in [1.82, 2.24) is 20.4 Å². The van der Waals surface area contributed by atoms with Gasteiger partial charge in [0.15, 0.2) is 0 Å². The number of piperazine rings is 1. The molecule has 8 heteroatoms. The summed E-state index contributed by atoms with van der Waals surface area (Å²) in [5, 5.41) is 13.1. The molecule has 0 radical (unpaired) electrons. The summed E-state index contributed by atoms with van der Waals surface area (Å²) in [7, 11) is 0. The number of aromatic nitrogens is 2. The van der Waals surface area contributed by atoms with Crippen molar-refractivity contribution < 1.29 is 9.59 Å². The Kier molecular flexibility index (Phi) is 5.88. The highest BCUT2D eigenvalue weighted by atomic mass is 16.2. The molecule has 3 amide bonds. The Morgan fingerprint density at radius 2 is 1.90 bits per heavy atom. The van der Waals surface area contributed by atoms with E-state index in [0.29, 0.717) is 25.3 Å². The summed E-state index contributed by atoms with van der Waals surface area (Å²) in [6.07, 6.45) is 0. The van der Waals surface area contributed by atoms with Crippen molar-refractivity contribution in [3.05, 3.63) is 71.5 Å². The van der Waals surface area contributed by atoms with E-state index < -0.39 is 0 Å². The first-order valence-electron chi connectivity index (χ1n) is 10.3. The average molecular weight is 419 g/mol. The van der Waals surface area contributed by atoms with E-state index in [-0.39, 0.29) is 11.9 Å². The van der Waals surface area contributed by atoms with Crippen molar-refractivity contribution in [2.45, 2.75) is 20.4 Å². The Labute approximate surface area is 181 Å². The Balaban J connectivity index is 1.33. The van der Waals surface area contributed by atoms with Gasteiger partial charge in [0.05, 0.1) is 17.9 Å². The quantitative estimate of drug-likeness (QED) is 0.594. The molecule has 1 aliphatic heterocycles. The minimum atomic E-state index is -0.276. The van der Waals surface area contributed by atoms with Gasteiger partial charge in [0.25, 0.3) is 0 Å². The zero-order chi connectivity index (χ0) is 21.8. The molecule has 8 nitrogen and oxygen atoms in total. The molecule has 3 aromatic rings. The van der Waals surface area contributed by atoms with Crippen LogP contribution in [0.3, 0.4) is 0 Å². The van der Waals surface area contributed by atoms with E-state index in [1.807, 2.05) is 78.0 Å². The third kappa shape index (κ3) is 5.03. The van der Waals surface area contributed by atoms with Gasteiger partial charge in [0.1, 0.15) is 0 Å². The number of nitrogens with one attached hydrogen (secondary N) is 3. The van der Waals surface area contributed by atoms with Gasteiger partial charge in [0.2, 0.25) is 5.91 Å². The minimum Gasteiger partial charge on any atom is -0.360 e. The van der Waals surface area contributed by atoms with E-state index >= 15 is 0 Å². The summed E-state index contributed by atoms with van der Waals surface area (Å²) < 4.78 is 1.85. The van der Waals surface area contributed by atoms with Gasteiger partial charge in [0, 0.05) is 36.7 Å². The van der Waals surface area contributed by atoms with E-state index in [9.17, 15) is 9.59 Å². The van der Waals surface area contributed by atoms with Crippen molar-refractivity contribution in [1.29, 1.82) is 0 Å². The van der Waals surface area contributed by atoms with Crippen LogP contribution < -0.4 is 20.9 Å². The maximum Gasteiger partial charge on any atom is 0.319 e. The third-order valence-corrected chi connectivity index (χ3v) is 5.15. The number of rotatable bonds is 5.